The highest BCUT2D eigenvalue weighted by Gasteiger charge is 2.45. The number of halogens is 1. The molecule has 3 nitrogen and oxygen atoms in total. The third-order valence-electron chi connectivity index (χ3n) is 3.84. The minimum absolute atomic E-state index is 0.0476. The van der Waals surface area contributed by atoms with Crippen LogP contribution in [0.25, 0.3) is 0 Å². The average molecular weight is 285 g/mol. The van der Waals surface area contributed by atoms with E-state index in [1.165, 1.54) is 6.07 Å². The number of carbonyl (C=O) groups is 1. The number of anilines is 1. The van der Waals surface area contributed by atoms with Crippen LogP contribution in [0.15, 0.2) is 42.5 Å². The third kappa shape index (κ3) is 2.75. The fraction of sp³-hybridized carbons (Fsp3) is 0.235. The third-order valence-corrected chi connectivity index (χ3v) is 3.84. The van der Waals surface area contributed by atoms with Gasteiger partial charge in [-0.2, -0.15) is 0 Å². The fourth-order valence-corrected chi connectivity index (χ4v) is 2.58. The molecule has 0 aromatic heterocycles. The van der Waals surface area contributed by atoms with E-state index in [0.29, 0.717) is 17.7 Å². The first-order valence-electron chi connectivity index (χ1n) is 6.91. The van der Waals surface area contributed by atoms with Crippen LogP contribution in [0.1, 0.15) is 23.5 Å². The molecule has 2 aromatic carbocycles. The second kappa shape index (κ2) is 5.20. The lowest BCUT2D eigenvalue weighted by Gasteiger charge is -2.08. The van der Waals surface area contributed by atoms with Gasteiger partial charge >= 0.3 is 0 Å². The van der Waals surface area contributed by atoms with Gasteiger partial charge in [0.05, 0.1) is 5.69 Å². The molecular formula is C17H16FNO2. The number of rotatable bonds is 3. The van der Waals surface area contributed by atoms with Gasteiger partial charge in [-0.3, -0.25) is 4.79 Å². The summed E-state index contributed by atoms with van der Waals surface area (Å²) in [6.45, 7) is 1.86. The summed E-state index contributed by atoms with van der Waals surface area (Å²) in [5.74, 6) is -0.703. The molecule has 1 saturated carbocycles. The molecule has 2 aromatic rings. The van der Waals surface area contributed by atoms with Gasteiger partial charge in [-0.05, 0) is 48.6 Å². The van der Waals surface area contributed by atoms with Crippen molar-refractivity contribution in [2.45, 2.75) is 19.3 Å². The molecule has 1 aliphatic carbocycles. The molecule has 0 spiro atoms. The molecule has 108 valence electrons. The van der Waals surface area contributed by atoms with Crippen LogP contribution in [-0.2, 0) is 4.79 Å². The predicted molar refractivity (Wildman–Crippen MR) is 78.7 cm³/mol. The molecule has 0 aliphatic heterocycles. The van der Waals surface area contributed by atoms with Gasteiger partial charge in [0.25, 0.3) is 0 Å². The lowest BCUT2D eigenvalue weighted by molar-refractivity contribution is -0.117. The highest BCUT2D eigenvalue weighted by molar-refractivity contribution is 5.96. The van der Waals surface area contributed by atoms with Gasteiger partial charge in [-0.1, -0.05) is 24.3 Å². The van der Waals surface area contributed by atoms with E-state index in [1.807, 2.05) is 13.0 Å². The second-order valence-electron chi connectivity index (χ2n) is 5.48. The van der Waals surface area contributed by atoms with E-state index in [0.717, 1.165) is 5.56 Å². The molecule has 1 aliphatic rings. The number of benzene rings is 2. The Labute approximate surface area is 122 Å². The molecule has 0 heterocycles. The Morgan fingerprint density at radius 1 is 1.29 bits per heavy atom. The monoisotopic (exact) mass is 285 g/mol. The Hall–Kier alpha value is -2.36. The first-order valence-corrected chi connectivity index (χ1v) is 6.91. The quantitative estimate of drug-likeness (QED) is 0.847. The van der Waals surface area contributed by atoms with Crippen LogP contribution < -0.4 is 5.32 Å². The molecule has 0 saturated heterocycles. The van der Waals surface area contributed by atoms with Gasteiger partial charge < -0.3 is 10.4 Å². The summed E-state index contributed by atoms with van der Waals surface area (Å²) in [4.78, 5) is 12.2. The molecule has 0 unspecified atom stereocenters. The zero-order valence-corrected chi connectivity index (χ0v) is 11.6. The molecule has 1 amide bonds. The molecule has 4 heteroatoms. The number of hydrogen-bond acceptors (Lipinski definition) is 2. The average Bonchev–Trinajstić information content (AvgIpc) is 3.23. The Balaban J connectivity index is 1.70. The molecule has 3 rings (SSSR count). The number of nitrogens with one attached hydrogen (secondary N) is 1. The van der Waals surface area contributed by atoms with Gasteiger partial charge in [-0.25, -0.2) is 4.39 Å². The van der Waals surface area contributed by atoms with Crippen molar-refractivity contribution in [1.29, 1.82) is 0 Å². The highest BCUT2D eigenvalue weighted by Crippen LogP contribution is 2.48. The van der Waals surface area contributed by atoms with Crippen LogP contribution in [0.2, 0.25) is 0 Å². The predicted octanol–water partition coefficient (Wildman–Crippen LogP) is 3.58. The van der Waals surface area contributed by atoms with Crippen LogP contribution in [0.5, 0.6) is 5.75 Å². The normalized spacial score (nSPS) is 20.1. The zero-order chi connectivity index (χ0) is 15.0. The zero-order valence-electron chi connectivity index (χ0n) is 11.6. The van der Waals surface area contributed by atoms with E-state index in [-0.39, 0.29) is 29.3 Å². The van der Waals surface area contributed by atoms with Gasteiger partial charge in [0.15, 0.2) is 0 Å². The number of phenolic OH excluding ortho intramolecular Hbond substituents is 1. The summed E-state index contributed by atoms with van der Waals surface area (Å²) in [5, 5.41) is 12.5. The van der Waals surface area contributed by atoms with Crippen molar-refractivity contribution < 1.29 is 14.3 Å². The largest absolute Gasteiger partial charge is 0.506 e. The molecule has 21 heavy (non-hydrogen) atoms. The molecule has 2 atom stereocenters. The number of carbonyl (C=O) groups excluding carboxylic acids is 1. The van der Waals surface area contributed by atoms with Crippen LogP contribution in [0.4, 0.5) is 10.1 Å². The molecule has 0 bridgehead atoms. The number of phenols is 1. The summed E-state index contributed by atoms with van der Waals surface area (Å²) >= 11 is 0. The van der Waals surface area contributed by atoms with Crippen molar-refractivity contribution >= 4 is 11.6 Å². The first-order chi connectivity index (χ1) is 10.1. The van der Waals surface area contributed by atoms with Crippen molar-refractivity contribution in [2.24, 2.45) is 5.92 Å². The lowest BCUT2D eigenvalue weighted by Crippen LogP contribution is -2.14. The Bertz CT molecular complexity index is 699. The second-order valence-corrected chi connectivity index (χ2v) is 5.48. The summed E-state index contributed by atoms with van der Waals surface area (Å²) in [6, 6.07) is 11.6. The van der Waals surface area contributed by atoms with Crippen molar-refractivity contribution in [2.75, 3.05) is 5.32 Å². The van der Waals surface area contributed by atoms with E-state index >= 15 is 0 Å². The van der Waals surface area contributed by atoms with Crippen molar-refractivity contribution in [1.82, 2.24) is 0 Å². The number of amides is 1. The fourth-order valence-electron chi connectivity index (χ4n) is 2.58. The van der Waals surface area contributed by atoms with Crippen LogP contribution in [-0.4, -0.2) is 11.0 Å². The maximum absolute atomic E-state index is 13.7. The van der Waals surface area contributed by atoms with Crippen molar-refractivity contribution in [3.05, 3.63) is 59.4 Å². The van der Waals surface area contributed by atoms with E-state index in [2.05, 4.69) is 5.32 Å². The summed E-state index contributed by atoms with van der Waals surface area (Å²) < 4.78 is 13.7. The van der Waals surface area contributed by atoms with Crippen molar-refractivity contribution in [3.8, 4) is 5.75 Å². The van der Waals surface area contributed by atoms with E-state index in [4.69, 9.17) is 0 Å². The van der Waals surface area contributed by atoms with Gasteiger partial charge in [0, 0.05) is 5.92 Å². The number of hydrogen-bond donors (Lipinski definition) is 2. The molecular weight excluding hydrogens is 269 g/mol. The van der Waals surface area contributed by atoms with E-state index in [9.17, 15) is 14.3 Å². The Morgan fingerprint density at radius 2 is 2.05 bits per heavy atom. The van der Waals surface area contributed by atoms with Gasteiger partial charge in [-0.15, -0.1) is 0 Å². The molecule has 0 radical (unpaired) electrons. The SMILES string of the molecule is Cc1ccc(NC(=O)[C@H]2C[C@@H]2c2ccccc2F)c(O)c1. The topological polar surface area (TPSA) is 49.3 Å². The Kier molecular flexibility index (Phi) is 3.37. The lowest BCUT2D eigenvalue weighted by atomic mass is 10.1. The minimum Gasteiger partial charge on any atom is -0.506 e. The minimum atomic E-state index is -0.268. The van der Waals surface area contributed by atoms with Gasteiger partial charge in [0.2, 0.25) is 5.91 Å². The Morgan fingerprint density at radius 3 is 2.76 bits per heavy atom. The van der Waals surface area contributed by atoms with E-state index < -0.39 is 0 Å². The first kappa shape index (κ1) is 13.6. The number of aryl methyl sites for hydroxylation is 1. The summed E-state index contributed by atoms with van der Waals surface area (Å²) in [6.07, 6.45) is 0.638. The van der Waals surface area contributed by atoms with Gasteiger partial charge in [0.1, 0.15) is 11.6 Å². The van der Waals surface area contributed by atoms with E-state index in [1.54, 1.807) is 30.3 Å². The maximum Gasteiger partial charge on any atom is 0.228 e. The van der Waals surface area contributed by atoms with Crippen LogP contribution in [0.3, 0.4) is 0 Å². The maximum atomic E-state index is 13.7. The molecule has 1 fully saturated rings. The smallest absolute Gasteiger partial charge is 0.228 e. The highest BCUT2D eigenvalue weighted by atomic mass is 19.1. The molecule has 2 N–H and O–H groups in total. The summed E-state index contributed by atoms with van der Waals surface area (Å²) in [7, 11) is 0. The summed E-state index contributed by atoms with van der Waals surface area (Å²) in [5.41, 5.74) is 1.90. The van der Waals surface area contributed by atoms with Crippen LogP contribution in [0, 0.1) is 18.7 Å². The van der Waals surface area contributed by atoms with Crippen molar-refractivity contribution in [3.63, 3.8) is 0 Å². The standard InChI is InChI=1S/C17H16FNO2/c1-10-6-7-15(16(20)8-10)19-17(21)13-9-12(13)11-4-2-3-5-14(11)18/h2-8,12-13,20H,9H2,1H3,(H,19,21)/t12-,13+/m1/s1. The van der Waals surface area contributed by atoms with Crippen LogP contribution >= 0.6 is 0 Å². The number of aromatic hydroxyl groups is 1.